The molecule has 0 N–H and O–H groups in total. The molecule has 2 aromatic rings. The predicted molar refractivity (Wildman–Crippen MR) is 58.8 cm³/mol. The van der Waals surface area contributed by atoms with Crippen molar-refractivity contribution in [3.63, 3.8) is 0 Å². The van der Waals surface area contributed by atoms with Gasteiger partial charge in [0.1, 0.15) is 0 Å². The SMILES string of the molecule is CC1(C)CCc2nc3cnccn3c2C1. The number of fused-ring (bicyclic) bond motifs is 3. The number of hydrogen-bond donors (Lipinski definition) is 0. The fraction of sp³-hybridized carbons (Fsp3) is 0.500. The quantitative estimate of drug-likeness (QED) is 0.654. The van der Waals surface area contributed by atoms with Crippen LogP contribution in [0.2, 0.25) is 0 Å². The second kappa shape index (κ2) is 2.81. The first-order valence-corrected chi connectivity index (χ1v) is 5.46. The van der Waals surface area contributed by atoms with Gasteiger partial charge in [-0.1, -0.05) is 13.8 Å². The third-order valence-corrected chi connectivity index (χ3v) is 3.30. The highest BCUT2D eigenvalue weighted by atomic mass is 15.0. The molecule has 15 heavy (non-hydrogen) atoms. The average Bonchev–Trinajstić information content (AvgIpc) is 2.55. The molecule has 2 heterocycles. The molecule has 0 bridgehead atoms. The summed E-state index contributed by atoms with van der Waals surface area (Å²) in [5.41, 5.74) is 4.04. The average molecular weight is 201 g/mol. The van der Waals surface area contributed by atoms with E-state index in [2.05, 4.69) is 28.2 Å². The number of aryl methyl sites for hydroxylation is 1. The summed E-state index contributed by atoms with van der Waals surface area (Å²) in [6.07, 6.45) is 9.14. The molecule has 1 aliphatic rings. The number of aromatic nitrogens is 3. The standard InChI is InChI=1S/C12H15N3/c1-12(2)4-3-9-10(7-12)15-6-5-13-8-11(15)14-9/h5-6,8H,3-4,7H2,1-2H3. The molecule has 1 aliphatic carbocycles. The van der Waals surface area contributed by atoms with E-state index in [1.165, 1.54) is 17.8 Å². The van der Waals surface area contributed by atoms with Crippen molar-refractivity contribution in [3.8, 4) is 0 Å². The Kier molecular flexibility index (Phi) is 1.67. The van der Waals surface area contributed by atoms with E-state index < -0.39 is 0 Å². The summed E-state index contributed by atoms with van der Waals surface area (Å²) in [6.45, 7) is 4.66. The zero-order chi connectivity index (χ0) is 10.5. The Hall–Kier alpha value is -1.38. The van der Waals surface area contributed by atoms with Crippen LogP contribution in [0.1, 0.15) is 31.7 Å². The molecule has 78 valence electrons. The van der Waals surface area contributed by atoms with Crippen molar-refractivity contribution in [1.82, 2.24) is 14.4 Å². The lowest BCUT2D eigenvalue weighted by Crippen LogP contribution is -2.22. The maximum absolute atomic E-state index is 4.62. The summed E-state index contributed by atoms with van der Waals surface area (Å²) in [6, 6.07) is 0. The molecule has 0 spiro atoms. The molecule has 0 saturated carbocycles. The highest BCUT2D eigenvalue weighted by Crippen LogP contribution is 2.34. The molecule has 2 aromatic heterocycles. The number of rotatable bonds is 0. The zero-order valence-corrected chi connectivity index (χ0v) is 9.20. The first-order chi connectivity index (χ1) is 7.16. The van der Waals surface area contributed by atoms with Crippen molar-refractivity contribution in [2.75, 3.05) is 0 Å². The molecule has 0 unspecified atom stereocenters. The van der Waals surface area contributed by atoms with E-state index in [1.54, 1.807) is 0 Å². The summed E-state index contributed by atoms with van der Waals surface area (Å²) in [4.78, 5) is 8.73. The van der Waals surface area contributed by atoms with Gasteiger partial charge >= 0.3 is 0 Å². The highest BCUT2D eigenvalue weighted by Gasteiger charge is 2.28. The smallest absolute Gasteiger partial charge is 0.155 e. The van der Waals surface area contributed by atoms with Crippen molar-refractivity contribution in [2.24, 2.45) is 5.41 Å². The minimum absolute atomic E-state index is 0.409. The molecule has 0 amide bonds. The predicted octanol–water partition coefficient (Wildman–Crippen LogP) is 2.24. The maximum atomic E-state index is 4.62. The van der Waals surface area contributed by atoms with Crippen LogP contribution >= 0.6 is 0 Å². The second-order valence-corrected chi connectivity index (χ2v) is 5.15. The van der Waals surface area contributed by atoms with E-state index in [1.807, 2.05) is 18.6 Å². The van der Waals surface area contributed by atoms with Gasteiger partial charge < -0.3 is 4.40 Å². The fourth-order valence-electron chi connectivity index (χ4n) is 2.39. The van der Waals surface area contributed by atoms with Crippen LogP contribution < -0.4 is 0 Å². The lowest BCUT2D eigenvalue weighted by Gasteiger charge is -2.28. The van der Waals surface area contributed by atoms with Crippen molar-refractivity contribution in [3.05, 3.63) is 30.0 Å². The Morgan fingerprint density at radius 1 is 1.40 bits per heavy atom. The first-order valence-electron chi connectivity index (χ1n) is 5.46. The number of hydrogen-bond acceptors (Lipinski definition) is 2. The van der Waals surface area contributed by atoms with E-state index in [-0.39, 0.29) is 0 Å². The van der Waals surface area contributed by atoms with Gasteiger partial charge in [0, 0.05) is 18.1 Å². The van der Waals surface area contributed by atoms with Crippen LogP contribution in [0, 0.1) is 5.41 Å². The van der Waals surface area contributed by atoms with Crippen LogP contribution in [0.5, 0.6) is 0 Å². The Bertz CT molecular complexity index is 511. The Morgan fingerprint density at radius 3 is 3.13 bits per heavy atom. The molecule has 3 heteroatoms. The van der Waals surface area contributed by atoms with Gasteiger partial charge in [-0.05, 0) is 24.7 Å². The number of imidazole rings is 1. The molecule has 0 radical (unpaired) electrons. The van der Waals surface area contributed by atoms with Gasteiger partial charge in [0.2, 0.25) is 0 Å². The normalized spacial score (nSPS) is 19.1. The molecule has 0 fully saturated rings. The van der Waals surface area contributed by atoms with E-state index in [0.29, 0.717) is 5.41 Å². The van der Waals surface area contributed by atoms with Crippen LogP contribution in [0.3, 0.4) is 0 Å². The Morgan fingerprint density at radius 2 is 2.27 bits per heavy atom. The molecule has 3 rings (SSSR count). The summed E-state index contributed by atoms with van der Waals surface area (Å²) in [5, 5.41) is 0. The van der Waals surface area contributed by atoms with Crippen LogP contribution in [-0.2, 0) is 12.8 Å². The van der Waals surface area contributed by atoms with Gasteiger partial charge in [-0.25, -0.2) is 4.98 Å². The van der Waals surface area contributed by atoms with Gasteiger partial charge in [-0.15, -0.1) is 0 Å². The van der Waals surface area contributed by atoms with Gasteiger partial charge in [0.05, 0.1) is 11.9 Å². The zero-order valence-electron chi connectivity index (χ0n) is 9.20. The van der Waals surface area contributed by atoms with Gasteiger partial charge in [0.25, 0.3) is 0 Å². The minimum atomic E-state index is 0.409. The van der Waals surface area contributed by atoms with E-state index >= 15 is 0 Å². The lowest BCUT2D eigenvalue weighted by molar-refractivity contribution is 0.309. The molecule has 3 nitrogen and oxygen atoms in total. The van der Waals surface area contributed by atoms with Crippen molar-refractivity contribution in [1.29, 1.82) is 0 Å². The van der Waals surface area contributed by atoms with Crippen LogP contribution in [0.4, 0.5) is 0 Å². The fourth-order valence-corrected chi connectivity index (χ4v) is 2.39. The van der Waals surface area contributed by atoms with E-state index in [4.69, 9.17) is 0 Å². The topological polar surface area (TPSA) is 30.2 Å². The number of nitrogens with zero attached hydrogens (tertiary/aromatic N) is 3. The van der Waals surface area contributed by atoms with Crippen LogP contribution in [0.15, 0.2) is 18.6 Å². The van der Waals surface area contributed by atoms with Crippen LogP contribution in [-0.4, -0.2) is 14.4 Å². The van der Waals surface area contributed by atoms with Gasteiger partial charge in [-0.3, -0.25) is 4.98 Å². The summed E-state index contributed by atoms with van der Waals surface area (Å²) in [7, 11) is 0. The molecular formula is C12H15N3. The molecular weight excluding hydrogens is 186 g/mol. The molecule has 0 aromatic carbocycles. The maximum Gasteiger partial charge on any atom is 0.155 e. The lowest BCUT2D eigenvalue weighted by atomic mass is 9.78. The van der Waals surface area contributed by atoms with Crippen molar-refractivity contribution < 1.29 is 0 Å². The summed E-state index contributed by atoms with van der Waals surface area (Å²) in [5.74, 6) is 0. The van der Waals surface area contributed by atoms with Crippen LogP contribution in [0.25, 0.3) is 5.65 Å². The third-order valence-electron chi connectivity index (χ3n) is 3.30. The Balaban J connectivity index is 2.22. The molecule has 0 atom stereocenters. The highest BCUT2D eigenvalue weighted by molar-refractivity contribution is 5.42. The minimum Gasteiger partial charge on any atom is -0.301 e. The first kappa shape index (κ1) is 8.89. The summed E-state index contributed by atoms with van der Waals surface area (Å²) >= 11 is 0. The summed E-state index contributed by atoms with van der Waals surface area (Å²) < 4.78 is 2.18. The van der Waals surface area contributed by atoms with E-state index in [9.17, 15) is 0 Å². The Labute approximate surface area is 89.2 Å². The van der Waals surface area contributed by atoms with Crippen molar-refractivity contribution in [2.45, 2.75) is 33.1 Å². The molecule has 0 aliphatic heterocycles. The van der Waals surface area contributed by atoms with E-state index in [0.717, 1.165) is 18.5 Å². The van der Waals surface area contributed by atoms with Gasteiger partial charge in [-0.2, -0.15) is 0 Å². The van der Waals surface area contributed by atoms with Gasteiger partial charge in [0.15, 0.2) is 5.65 Å². The second-order valence-electron chi connectivity index (χ2n) is 5.15. The third kappa shape index (κ3) is 1.34. The van der Waals surface area contributed by atoms with Crippen molar-refractivity contribution >= 4 is 5.65 Å². The largest absolute Gasteiger partial charge is 0.301 e. The molecule has 0 saturated heterocycles. The monoisotopic (exact) mass is 201 g/mol.